The predicted octanol–water partition coefficient (Wildman–Crippen LogP) is 4.47. The smallest absolute Gasteiger partial charge is 0.162 e. The van der Waals surface area contributed by atoms with E-state index in [-0.39, 0.29) is 12.2 Å². The van der Waals surface area contributed by atoms with Crippen molar-refractivity contribution in [1.82, 2.24) is 0 Å². The van der Waals surface area contributed by atoms with Gasteiger partial charge in [0.1, 0.15) is 0 Å². The van der Waals surface area contributed by atoms with Gasteiger partial charge in [-0.15, -0.1) is 0 Å². The fraction of sp³-hybridized carbons (Fsp3) is 0.444. The summed E-state index contributed by atoms with van der Waals surface area (Å²) < 4.78 is 12.2. The summed E-state index contributed by atoms with van der Waals surface area (Å²) in [6, 6.07) is 6.26. The van der Waals surface area contributed by atoms with E-state index in [4.69, 9.17) is 9.47 Å². The Bertz CT molecular complexity index is 567. The summed E-state index contributed by atoms with van der Waals surface area (Å²) in [7, 11) is 0. The van der Waals surface area contributed by atoms with E-state index in [9.17, 15) is 0 Å². The Hall–Kier alpha value is -1.70. The van der Waals surface area contributed by atoms with Gasteiger partial charge in [-0.3, -0.25) is 0 Å². The van der Waals surface area contributed by atoms with Gasteiger partial charge < -0.3 is 9.47 Å². The lowest BCUT2D eigenvalue weighted by Crippen LogP contribution is -2.38. The third-order valence-electron chi connectivity index (χ3n) is 3.99. The van der Waals surface area contributed by atoms with Crippen molar-refractivity contribution < 1.29 is 9.47 Å². The van der Waals surface area contributed by atoms with Crippen LogP contribution in [0.3, 0.4) is 0 Å². The molecule has 20 heavy (non-hydrogen) atoms. The maximum Gasteiger partial charge on any atom is 0.162 e. The van der Waals surface area contributed by atoms with Gasteiger partial charge in [-0.05, 0) is 47.3 Å². The standard InChI is InChI=1S/C18H22O2/c1-11(2)13-5-7-15-17(9-13)19-16-8-6-14(12(3)4)10-18(16)20-15/h5-12,15,17H,1-4H3. The van der Waals surface area contributed by atoms with E-state index in [1.165, 1.54) is 11.1 Å². The molecule has 0 fully saturated rings. The zero-order valence-electron chi connectivity index (χ0n) is 12.6. The molecule has 106 valence electrons. The molecule has 1 aliphatic carbocycles. The average molecular weight is 270 g/mol. The molecule has 0 radical (unpaired) electrons. The van der Waals surface area contributed by atoms with Gasteiger partial charge in [-0.1, -0.05) is 39.8 Å². The summed E-state index contributed by atoms with van der Waals surface area (Å²) in [5.41, 5.74) is 2.60. The molecule has 1 heterocycles. The maximum atomic E-state index is 6.10. The highest BCUT2D eigenvalue weighted by molar-refractivity contribution is 5.47. The fourth-order valence-corrected chi connectivity index (χ4v) is 2.61. The number of benzene rings is 1. The van der Waals surface area contributed by atoms with E-state index >= 15 is 0 Å². The second-order valence-electron chi connectivity index (χ2n) is 6.21. The summed E-state index contributed by atoms with van der Waals surface area (Å²) in [5.74, 6) is 2.73. The Balaban J connectivity index is 1.89. The lowest BCUT2D eigenvalue weighted by molar-refractivity contribution is 0.0744. The van der Waals surface area contributed by atoms with Gasteiger partial charge in [0.05, 0.1) is 0 Å². The highest BCUT2D eigenvalue weighted by atomic mass is 16.6. The van der Waals surface area contributed by atoms with Crippen LogP contribution >= 0.6 is 0 Å². The first-order valence-corrected chi connectivity index (χ1v) is 7.42. The molecule has 0 aromatic heterocycles. The predicted molar refractivity (Wildman–Crippen MR) is 81.4 cm³/mol. The summed E-state index contributed by atoms with van der Waals surface area (Å²) in [4.78, 5) is 0. The third-order valence-corrected chi connectivity index (χ3v) is 3.99. The summed E-state index contributed by atoms with van der Waals surface area (Å²) in [5, 5.41) is 0. The van der Waals surface area contributed by atoms with Gasteiger partial charge in [-0.25, -0.2) is 0 Å². The SMILES string of the molecule is CC(C)C1=CC2Oc3ccc(C(C)C)cc3OC2C=C1. The average Bonchev–Trinajstić information content (AvgIpc) is 2.43. The quantitative estimate of drug-likeness (QED) is 0.789. The summed E-state index contributed by atoms with van der Waals surface area (Å²) in [6.45, 7) is 8.77. The highest BCUT2D eigenvalue weighted by Crippen LogP contribution is 2.38. The highest BCUT2D eigenvalue weighted by Gasteiger charge is 2.31. The molecule has 2 heteroatoms. The first kappa shape index (κ1) is 13.3. The van der Waals surface area contributed by atoms with E-state index in [0.717, 1.165) is 11.5 Å². The first-order valence-electron chi connectivity index (χ1n) is 7.42. The van der Waals surface area contributed by atoms with Crippen LogP contribution in [0.2, 0.25) is 0 Å². The molecule has 0 bridgehead atoms. The van der Waals surface area contributed by atoms with Gasteiger partial charge >= 0.3 is 0 Å². The van der Waals surface area contributed by atoms with E-state index in [1.807, 2.05) is 6.07 Å². The Kier molecular flexibility index (Phi) is 3.33. The minimum Gasteiger partial charge on any atom is -0.478 e. The molecule has 1 aromatic rings. The Labute approximate surface area is 121 Å². The van der Waals surface area contributed by atoms with Crippen LogP contribution in [-0.2, 0) is 0 Å². The third kappa shape index (κ3) is 2.35. The molecule has 0 saturated carbocycles. The zero-order chi connectivity index (χ0) is 14.3. The fourth-order valence-electron chi connectivity index (χ4n) is 2.61. The molecule has 2 atom stereocenters. The van der Waals surface area contributed by atoms with Crippen LogP contribution in [0.15, 0.2) is 42.0 Å². The lowest BCUT2D eigenvalue weighted by Gasteiger charge is -2.34. The Morgan fingerprint density at radius 2 is 1.65 bits per heavy atom. The molecule has 0 amide bonds. The lowest BCUT2D eigenvalue weighted by atomic mass is 9.93. The van der Waals surface area contributed by atoms with Crippen molar-refractivity contribution >= 4 is 0 Å². The number of allylic oxidation sites excluding steroid dienone is 2. The zero-order valence-corrected chi connectivity index (χ0v) is 12.6. The van der Waals surface area contributed by atoms with E-state index in [1.54, 1.807) is 0 Å². The normalized spacial score (nSPS) is 23.8. The largest absolute Gasteiger partial charge is 0.478 e. The van der Waals surface area contributed by atoms with Crippen LogP contribution in [0.5, 0.6) is 11.5 Å². The van der Waals surface area contributed by atoms with Crippen molar-refractivity contribution in [3.63, 3.8) is 0 Å². The van der Waals surface area contributed by atoms with Crippen LogP contribution in [-0.4, -0.2) is 12.2 Å². The van der Waals surface area contributed by atoms with Crippen molar-refractivity contribution in [1.29, 1.82) is 0 Å². The molecule has 0 saturated heterocycles. The minimum absolute atomic E-state index is 0.00481. The van der Waals surface area contributed by atoms with Crippen LogP contribution in [0.4, 0.5) is 0 Å². The maximum absolute atomic E-state index is 6.10. The van der Waals surface area contributed by atoms with Gasteiger partial charge in [0.25, 0.3) is 0 Å². The van der Waals surface area contributed by atoms with E-state index in [0.29, 0.717) is 11.8 Å². The first-order chi connectivity index (χ1) is 9.54. The van der Waals surface area contributed by atoms with E-state index in [2.05, 4.69) is 58.1 Å². The van der Waals surface area contributed by atoms with E-state index < -0.39 is 0 Å². The summed E-state index contributed by atoms with van der Waals surface area (Å²) >= 11 is 0. The van der Waals surface area contributed by atoms with Gasteiger partial charge in [0, 0.05) is 0 Å². The topological polar surface area (TPSA) is 18.5 Å². The Morgan fingerprint density at radius 3 is 2.35 bits per heavy atom. The second-order valence-corrected chi connectivity index (χ2v) is 6.21. The molecule has 2 nitrogen and oxygen atoms in total. The van der Waals surface area contributed by atoms with Crippen molar-refractivity contribution in [2.45, 2.75) is 45.8 Å². The molecule has 0 N–H and O–H groups in total. The van der Waals surface area contributed by atoms with Gasteiger partial charge in [0.15, 0.2) is 23.7 Å². The molecule has 3 rings (SSSR count). The molecule has 0 spiro atoms. The summed E-state index contributed by atoms with van der Waals surface area (Å²) in [6.07, 6.45) is 6.45. The Morgan fingerprint density at radius 1 is 0.900 bits per heavy atom. The number of fused-ring (bicyclic) bond motifs is 2. The molecular weight excluding hydrogens is 248 g/mol. The number of hydrogen-bond acceptors (Lipinski definition) is 2. The van der Waals surface area contributed by atoms with Crippen molar-refractivity contribution in [3.8, 4) is 11.5 Å². The van der Waals surface area contributed by atoms with Crippen molar-refractivity contribution in [2.24, 2.45) is 5.92 Å². The minimum atomic E-state index is -0.00703. The van der Waals surface area contributed by atoms with Gasteiger partial charge in [0.2, 0.25) is 0 Å². The van der Waals surface area contributed by atoms with Crippen LogP contribution in [0, 0.1) is 5.92 Å². The van der Waals surface area contributed by atoms with Crippen molar-refractivity contribution in [2.75, 3.05) is 0 Å². The number of hydrogen-bond donors (Lipinski definition) is 0. The molecule has 1 aromatic carbocycles. The number of rotatable bonds is 2. The molecule has 2 unspecified atom stereocenters. The molecule has 1 aliphatic heterocycles. The second kappa shape index (κ2) is 5.01. The van der Waals surface area contributed by atoms with Gasteiger partial charge in [-0.2, -0.15) is 0 Å². The van der Waals surface area contributed by atoms with Crippen LogP contribution < -0.4 is 9.47 Å². The van der Waals surface area contributed by atoms with Crippen molar-refractivity contribution in [3.05, 3.63) is 47.6 Å². The molecule has 2 aliphatic rings. The molecular formula is C18H22O2. The monoisotopic (exact) mass is 270 g/mol. The number of ether oxygens (including phenoxy) is 2. The van der Waals surface area contributed by atoms with Crippen LogP contribution in [0.25, 0.3) is 0 Å². The van der Waals surface area contributed by atoms with Crippen LogP contribution in [0.1, 0.15) is 39.2 Å².